The van der Waals surface area contributed by atoms with Crippen LogP contribution in [0.4, 0.5) is 8.78 Å². The average molecular weight is 777 g/mol. The number of hydrogen-bond donors (Lipinski definition) is 1. The molecule has 1 fully saturated rings. The van der Waals surface area contributed by atoms with E-state index in [1.807, 2.05) is 128 Å². The number of H-pyrrole nitrogens is 1. The van der Waals surface area contributed by atoms with Crippen LogP contribution in [0, 0.1) is 18.6 Å². The van der Waals surface area contributed by atoms with Gasteiger partial charge in [0.25, 0.3) is 0 Å². The number of ether oxygens (including phenoxy) is 7. The minimum atomic E-state index is -1.08. The van der Waals surface area contributed by atoms with Crippen molar-refractivity contribution in [2.75, 3.05) is 13.7 Å². The Kier molecular flexibility index (Phi) is 13.7. The molecule has 2 heterocycles. The Labute approximate surface area is 331 Å². The summed E-state index contributed by atoms with van der Waals surface area (Å²) < 4.78 is 74.6. The molecule has 296 valence electrons. The van der Waals surface area contributed by atoms with E-state index >= 15 is 0 Å². The Balaban J connectivity index is 1.24. The summed E-state index contributed by atoms with van der Waals surface area (Å²) in [5.41, 5.74) is 5.50. The number of halogens is 2. The molecule has 1 aromatic heterocycles. The maximum atomic E-state index is 14.8. The first kappa shape index (κ1) is 39.8. The number of nitrogens with zero attached hydrogens (tertiary/aromatic N) is 1. The zero-order valence-electron chi connectivity index (χ0n) is 31.9. The zero-order chi connectivity index (χ0) is 39.4. The van der Waals surface area contributed by atoms with Crippen LogP contribution in [-0.2, 0) is 56.5 Å². The van der Waals surface area contributed by atoms with Gasteiger partial charge in [-0.1, -0.05) is 121 Å². The lowest BCUT2D eigenvalue weighted by Crippen LogP contribution is -2.62. The summed E-state index contributed by atoms with van der Waals surface area (Å²) in [5.74, 6) is -1.87. The molecule has 1 unspecified atom stereocenters. The number of nitrogens with one attached hydrogen (secondary N) is 1. The molecule has 5 atom stereocenters. The molecule has 0 spiro atoms. The summed E-state index contributed by atoms with van der Waals surface area (Å²) in [6, 6.07) is 41.9. The molecule has 0 saturated carbocycles. The van der Waals surface area contributed by atoms with Crippen LogP contribution < -0.4 is 9.47 Å². The second kappa shape index (κ2) is 19.6. The lowest BCUT2D eigenvalue weighted by molar-refractivity contribution is -0.310. The zero-order valence-corrected chi connectivity index (χ0v) is 31.9. The summed E-state index contributed by atoms with van der Waals surface area (Å²) in [6.07, 6.45) is -3.90. The highest BCUT2D eigenvalue weighted by Gasteiger charge is 2.50. The molecule has 7 rings (SSSR count). The molecular weight excluding hydrogens is 731 g/mol. The molecule has 0 bridgehead atoms. The van der Waals surface area contributed by atoms with Gasteiger partial charge in [-0.25, -0.2) is 8.78 Å². The van der Waals surface area contributed by atoms with E-state index in [4.69, 9.17) is 33.2 Å². The molecule has 1 N–H and O–H groups in total. The second-order valence-electron chi connectivity index (χ2n) is 13.8. The molecule has 0 radical (unpaired) electrons. The summed E-state index contributed by atoms with van der Waals surface area (Å²) in [7, 11) is 1.22. The van der Waals surface area contributed by atoms with Gasteiger partial charge in [0.15, 0.2) is 17.4 Å². The first-order chi connectivity index (χ1) is 27.9. The Hall–Kier alpha value is -5.43. The van der Waals surface area contributed by atoms with Gasteiger partial charge in [-0.05, 0) is 46.9 Å². The monoisotopic (exact) mass is 776 g/mol. The van der Waals surface area contributed by atoms with Crippen LogP contribution in [0.2, 0.25) is 0 Å². The first-order valence-electron chi connectivity index (χ1n) is 18.9. The average Bonchev–Trinajstić information content (AvgIpc) is 3.57. The maximum absolute atomic E-state index is 14.8. The third-order valence-corrected chi connectivity index (χ3v) is 9.75. The van der Waals surface area contributed by atoms with Gasteiger partial charge >= 0.3 is 0 Å². The molecule has 11 heteroatoms. The fourth-order valence-electron chi connectivity index (χ4n) is 6.80. The van der Waals surface area contributed by atoms with Crippen LogP contribution in [0.1, 0.15) is 39.1 Å². The van der Waals surface area contributed by atoms with Crippen LogP contribution in [0.3, 0.4) is 0 Å². The van der Waals surface area contributed by atoms with Crippen molar-refractivity contribution >= 4 is 0 Å². The predicted molar refractivity (Wildman–Crippen MR) is 209 cm³/mol. The fraction of sp³-hybridized carbons (Fsp3) is 0.283. The molecule has 0 amide bonds. The van der Waals surface area contributed by atoms with E-state index < -0.39 is 48.1 Å². The molecule has 1 saturated heterocycles. The van der Waals surface area contributed by atoms with Crippen molar-refractivity contribution in [2.24, 2.45) is 0 Å². The smallest absolute Gasteiger partial charge is 0.238 e. The maximum Gasteiger partial charge on any atom is 0.238 e. The number of hydrogen-bond acceptors (Lipinski definition) is 8. The highest BCUT2D eigenvalue weighted by Crippen LogP contribution is 2.34. The van der Waals surface area contributed by atoms with Crippen LogP contribution in [0.25, 0.3) is 0 Å². The fourth-order valence-corrected chi connectivity index (χ4v) is 6.80. The van der Waals surface area contributed by atoms with Gasteiger partial charge in [-0.3, -0.25) is 5.10 Å². The summed E-state index contributed by atoms with van der Waals surface area (Å²) in [6.45, 7) is 3.06. The Morgan fingerprint density at radius 3 is 1.60 bits per heavy atom. The standard InChI is InChI=1S/C46H46F2N2O7/c1-31-37(23-36-24-38(47)41(51-2)39(48)25-36)45(50-49-31)57-46-44(55-29-35-21-13-6-14-22-35)43(54-28-34-19-11-5-12-20-34)42(53-27-33-17-9-4-10-18-33)40(56-46)30-52-26-32-15-7-3-8-16-32/h3-22,24-25,40,42-44,46H,23,26-30H2,1-2H3,(H,49,50)/t40-,42-,43+,44-,46?/m1/s1. The normalized spacial score (nSPS) is 19.3. The van der Waals surface area contributed by atoms with E-state index in [0.29, 0.717) is 23.4 Å². The quantitative estimate of drug-likeness (QED) is 0.0928. The topological polar surface area (TPSA) is 93.3 Å². The SMILES string of the molecule is COc1c(F)cc(Cc2c(OC3O[C@H](COCc4ccccc4)[C@@H](OCc4ccccc4)[C@H](OCc4ccccc4)[C@H]3OCc3ccccc3)n[nH]c2C)cc1F. The molecule has 57 heavy (non-hydrogen) atoms. The van der Waals surface area contributed by atoms with Gasteiger partial charge < -0.3 is 33.2 Å². The van der Waals surface area contributed by atoms with E-state index in [9.17, 15) is 8.78 Å². The van der Waals surface area contributed by atoms with Crippen molar-refractivity contribution < 1.29 is 41.9 Å². The van der Waals surface area contributed by atoms with Crippen molar-refractivity contribution in [1.29, 1.82) is 0 Å². The van der Waals surface area contributed by atoms with Crippen LogP contribution in [-0.4, -0.2) is 54.6 Å². The molecular formula is C46H46F2N2O7. The third kappa shape index (κ3) is 10.5. The van der Waals surface area contributed by atoms with E-state index in [-0.39, 0.29) is 38.7 Å². The van der Waals surface area contributed by atoms with Gasteiger partial charge in [0.05, 0.1) is 40.1 Å². The van der Waals surface area contributed by atoms with E-state index in [1.165, 1.54) is 19.2 Å². The van der Waals surface area contributed by atoms with Crippen LogP contribution in [0.5, 0.6) is 11.6 Å². The minimum Gasteiger partial charge on any atom is -0.491 e. The largest absolute Gasteiger partial charge is 0.491 e. The molecule has 0 aliphatic carbocycles. The van der Waals surface area contributed by atoms with Crippen molar-refractivity contribution in [1.82, 2.24) is 10.2 Å². The Morgan fingerprint density at radius 1 is 0.614 bits per heavy atom. The molecule has 6 aromatic rings. The number of methoxy groups -OCH3 is 1. The van der Waals surface area contributed by atoms with Gasteiger partial charge in [0.1, 0.15) is 24.4 Å². The van der Waals surface area contributed by atoms with Crippen molar-refractivity contribution in [3.8, 4) is 11.6 Å². The Morgan fingerprint density at radius 2 is 1.09 bits per heavy atom. The van der Waals surface area contributed by atoms with Crippen LogP contribution in [0.15, 0.2) is 133 Å². The van der Waals surface area contributed by atoms with Gasteiger partial charge in [-0.15, -0.1) is 5.10 Å². The van der Waals surface area contributed by atoms with Crippen LogP contribution >= 0.6 is 0 Å². The van der Waals surface area contributed by atoms with E-state index in [1.54, 1.807) is 0 Å². The Bertz CT molecular complexity index is 2100. The highest BCUT2D eigenvalue weighted by molar-refractivity contribution is 5.39. The van der Waals surface area contributed by atoms with Crippen molar-refractivity contribution in [3.63, 3.8) is 0 Å². The van der Waals surface area contributed by atoms with Gasteiger partial charge in [0, 0.05) is 17.7 Å². The summed E-state index contributed by atoms with van der Waals surface area (Å²) in [5, 5.41) is 7.46. The van der Waals surface area contributed by atoms with E-state index in [0.717, 1.165) is 22.3 Å². The predicted octanol–water partition coefficient (Wildman–Crippen LogP) is 8.67. The van der Waals surface area contributed by atoms with Crippen molar-refractivity contribution in [3.05, 3.63) is 184 Å². The summed E-state index contributed by atoms with van der Waals surface area (Å²) in [4.78, 5) is 0. The number of aromatic nitrogens is 2. The lowest BCUT2D eigenvalue weighted by atomic mass is 9.97. The second-order valence-corrected chi connectivity index (χ2v) is 13.8. The van der Waals surface area contributed by atoms with Gasteiger partial charge in [-0.2, -0.15) is 0 Å². The van der Waals surface area contributed by atoms with Crippen molar-refractivity contribution in [2.45, 2.75) is 70.5 Å². The molecule has 1 aliphatic rings. The number of aromatic amines is 1. The molecule has 5 aromatic carbocycles. The first-order valence-corrected chi connectivity index (χ1v) is 18.9. The molecule has 9 nitrogen and oxygen atoms in total. The molecule has 1 aliphatic heterocycles. The minimum absolute atomic E-state index is 0.109. The lowest BCUT2D eigenvalue weighted by Gasteiger charge is -2.45. The highest BCUT2D eigenvalue weighted by atomic mass is 19.1. The number of benzene rings is 5. The third-order valence-electron chi connectivity index (χ3n) is 9.75. The number of rotatable bonds is 18. The number of aryl methyl sites for hydroxylation is 1. The summed E-state index contributed by atoms with van der Waals surface area (Å²) >= 11 is 0. The van der Waals surface area contributed by atoms with Gasteiger partial charge in [0.2, 0.25) is 12.2 Å². The van der Waals surface area contributed by atoms with E-state index in [2.05, 4.69) is 10.2 Å².